The van der Waals surface area contributed by atoms with Crippen molar-refractivity contribution < 1.29 is 14.3 Å². The number of carbonyl (C=O) groups excluding carboxylic acids is 2. The van der Waals surface area contributed by atoms with Crippen molar-refractivity contribution in [2.24, 2.45) is 5.92 Å². The Morgan fingerprint density at radius 2 is 2.13 bits per heavy atom. The van der Waals surface area contributed by atoms with Crippen LogP contribution in [-0.2, 0) is 20.7 Å². The minimum absolute atomic E-state index is 0.0691. The van der Waals surface area contributed by atoms with Crippen LogP contribution in [0.4, 0.5) is 0 Å². The lowest BCUT2D eigenvalue weighted by Crippen LogP contribution is -2.41. The Hall–Kier alpha value is -2.37. The fourth-order valence-corrected chi connectivity index (χ4v) is 3.00. The number of aromatic nitrogens is 2. The Bertz CT molecular complexity index is 702. The van der Waals surface area contributed by atoms with E-state index in [1.165, 1.54) is 0 Å². The van der Waals surface area contributed by atoms with Gasteiger partial charge in [0.05, 0.1) is 36.3 Å². The summed E-state index contributed by atoms with van der Waals surface area (Å²) in [6.45, 7) is 3.46. The zero-order chi connectivity index (χ0) is 16.2. The van der Waals surface area contributed by atoms with Crippen LogP contribution < -0.4 is 0 Å². The van der Waals surface area contributed by atoms with Gasteiger partial charge in [-0.3, -0.25) is 9.59 Å². The number of esters is 1. The van der Waals surface area contributed by atoms with Crippen molar-refractivity contribution in [1.29, 1.82) is 0 Å². The van der Waals surface area contributed by atoms with Crippen LogP contribution in [0.5, 0.6) is 0 Å². The maximum Gasteiger partial charge on any atom is 0.309 e. The number of imidazole rings is 1. The van der Waals surface area contributed by atoms with E-state index in [9.17, 15) is 9.59 Å². The highest BCUT2D eigenvalue weighted by atomic mass is 16.5. The molecule has 0 bridgehead atoms. The van der Waals surface area contributed by atoms with E-state index < -0.39 is 0 Å². The highest BCUT2D eigenvalue weighted by Gasteiger charge is 2.28. The first kappa shape index (κ1) is 15.5. The number of fused-ring (bicyclic) bond motifs is 1. The average molecular weight is 315 g/mol. The van der Waals surface area contributed by atoms with Crippen LogP contribution >= 0.6 is 0 Å². The van der Waals surface area contributed by atoms with Crippen LogP contribution in [0.1, 0.15) is 25.3 Å². The molecule has 1 aliphatic rings. The number of hydrogen-bond donors (Lipinski definition) is 1. The van der Waals surface area contributed by atoms with E-state index in [1.807, 2.05) is 30.0 Å². The zero-order valence-corrected chi connectivity index (χ0v) is 13.2. The summed E-state index contributed by atoms with van der Waals surface area (Å²) in [5.74, 6) is -0.101. The highest BCUT2D eigenvalue weighted by molar-refractivity contribution is 5.82. The Morgan fingerprint density at radius 1 is 1.35 bits per heavy atom. The standard InChI is InChI=1S/C17H21N3O3/c1-2-23-17(22)13-5-7-20(8-6-13)16(21)10-12-3-4-14-15(9-12)19-11-18-14/h3-4,9,11,13H,2,5-8,10H2,1H3,(H,18,19). The van der Waals surface area contributed by atoms with Gasteiger partial charge in [0, 0.05) is 13.1 Å². The van der Waals surface area contributed by atoms with Crippen LogP contribution in [-0.4, -0.2) is 46.4 Å². The number of amides is 1. The van der Waals surface area contributed by atoms with Gasteiger partial charge in [-0.25, -0.2) is 4.98 Å². The third-order valence-electron chi connectivity index (χ3n) is 4.31. The molecule has 1 aromatic carbocycles. The Labute approximate surface area is 134 Å². The molecule has 2 heterocycles. The molecule has 0 radical (unpaired) electrons. The van der Waals surface area contributed by atoms with Gasteiger partial charge in [-0.2, -0.15) is 0 Å². The number of carbonyl (C=O) groups is 2. The van der Waals surface area contributed by atoms with Crippen molar-refractivity contribution in [2.75, 3.05) is 19.7 Å². The van der Waals surface area contributed by atoms with Crippen LogP contribution in [0.25, 0.3) is 11.0 Å². The Kier molecular flexibility index (Phi) is 4.60. The van der Waals surface area contributed by atoms with Gasteiger partial charge in [-0.15, -0.1) is 0 Å². The predicted molar refractivity (Wildman–Crippen MR) is 85.7 cm³/mol. The summed E-state index contributed by atoms with van der Waals surface area (Å²) in [6, 6.07) is 5.82. The summed E-state index contributed by atoms with van der Waals surface area (Å²) in [4.78, 5) is 33.2. The molecule has 1 aromatic heterocycles. The first-order chi connectivity index (χ1) is 11.2. The van der Waals surface area contributed by atoms with Crippen LogP contribution in [0.2, 0.25) is 0 Å². The second-order valence-corrected chi connectivity index (χ2v) is 5.84. The summed E-state index contributed by atoms with van der Waals surface area (Å²) in [7, 11) is 0. The number of aromatic amines is 1. The lowest BCUT2D eigenvalue weighted by atomic mass is 9.96. The summed E-state index contributed by atoms with van der Waals surface area (Å²) in [5, 5.41) is 0. The highest BCUT2D eigenvalue weighted by Crippen LogP contribution is 2.20. The van der Waals surface area contributed by atoms with Gasteiger partial charge in [-0.05, 0) is 37.5 Å². The number of benzene rings is 1. The number of piperidine rings is 1. The first-order valence-corrected chi connectivity index (χ1v) is 8.04. The van der Waals surface area contributed by atoms with Crippen molar-refractivity contribution >= 4 is 22.9 Å². The predicted octanol–water partition coefficient (Wildman–Crippen LogP) is 1.91. The number of H-pyrrole nitrogens is 1. The van der Waals surface area contributed by atoms with E-state index in [2.05, 4.69) is 9.97 Å². The van der Waals surface area contributed by atoms with E-state index in [0.29, 0.717) is 39.0 Å². The quantitative estimate of drug-likeness (QED) is 0.875. The Balaban J connectivity index is 1.56. The van der Waals surface area contributed by atoms with E-state index in [0.717, 1.165) is 16.6 Å². The number of nitrogens with zero attached hydrogens (tertiary/aromatic N) is 2. The smallest absolute Gasteiger partial charge is 0.309 e. The van der Waals surface area contributed by atoms with Gasteiger partial charge in [0.1, 0.15) is 0 Å². The zero-order valence-electron chi connectivity index (χ0n) is 13.2. The molecule has 122 valence electrons. The molecule has 6 heteroatoms. The molecule has 3 rings (SSSR count). The maximum absolute atomic E-state index is 12.4. The molecule has 0 unspecified atom stereocenters. The molecule has 0 atom stereocenters. The summed E-state index contributed by atoms with van der Waals surface area (Å²) >= 11 is 0. The third-order valence-corrected chi connectivity index (χ3v) is 4.31. The molecule has 0 spiro atoms. The van der Waals surface area contributed by atoms with Gasteiger partial charge in [0.25, 0.3) is 0 Å². The number of ether oxygens (including phenoxy) is 1. The lowest BCUT2D eigenvalue weighted by molar-refractivity contribution is -0.151. The minimum Gasteiger partial charge on any atom is -0.466 e. The molecule has 23 heavy (non-hydrogen) atoms. The third kappa shape index (κ3) is 3.52. The van der Waals surface area contributed by atoms with E-state index in [1.54, 1.807) is 6.33 Å². The molecule has 1 fully saturated rings. The van der Waals surface area contributed by atoms with Gasteiger partial charge < -0.3 is 14.6 Å². The molecule has 6 nitrogen and oxygen atoms in total. The molecule has 1 N–H and O–H groups in total. The van der Waals surface area contributed by atoms with Crippen molar-refractivity contribution in [3.63, 3.8) is 0 Å². The second-order valence-electron chi connectivity index (χ2n) is 5.84. The second kappa shape index (κ2) is 6.81. The first-order valence-electron chi connectivity index (χ1n) is 8.04. The summed E-state index contributed by atoms with van der Waals surface area (Å²) in [5.41, 5.74) is 2.81. The molecule has 0 aliphatic carbocycles. The topological polar surface area (TPSA) is 75.3 Å². The number of nitrogens with one attached hydrogen (secondary N) is 1. The van der Waals surface area contributed by atoms with Crippen LogP contribution in [0.3, 0.4) is 0 Å². The van der Waals surface area contributed by atoms with Gasteiger partial charge in [0.15, 0.2) is 0 Å². The largest absolute Gasteiger partial charge is 0.466 e. The van der Waals surface area contributed by atoms with Crippen molar-refractivity contribution in [2.45, 2.75) is 26.2 Å². The van der Waals surface area contributed by atoms with E-state index in [4.69, 9.17) is 4.74 Å². The molecule has 1 aliphatic heterocycles. The fourth-order valence-electron chi connectivity index (χ4n) is 3.00. The number of rotatable bonds is 4. The van der Waals surface area contributed by atoms with Crippen LogP contribution in [0.15, 0.2) is 24.5 Å². The van der Waals surface area contributed by atoms with Crippen LogP contribution in [0, 0.1) is 5.92 Å². The molecular weight excluding hydrogens is 294 g/mol. The summed E-state index contributed by atoms with van der Waals surface area (Å²) in [6.07, 6.45) is 3.39. The van der Waals surface area contributed by atoms with Crippen molar-refractivity contribution in [1.82, 2.24) is 14.9 Å². The molecule has 2 aromatic rings. The summed E-state index contributed by atoms with van der Waals surface area (Å²) < 4.78 is 5.05. The molecule has 1 saturated heterocycles. The van der Waals surface area contributed by atoms with Crippen molar-refractivity contribution in [3.05, 3.63) is 30.1 Å². The molecule has 1 amide bonds. The van der Waals surface area contributed by atoms with Gasteiger partial charge in [-0.1, -0.05) is 6.07 Å². The SMILES string of the molecule is CCOC(=O)C1CCN(C(=O)Cc2ccc3nc[nH]c3c2)CC1. The van der Waals surface area contributed by atoms with Crippen molar-refractivity contribution in [3.8, 4) is 0 Å². The average Bonchev–Trinajstić information content (AvgIpc) is 3.03. The lowest BCUT2D eigenvalue weighted by Gasteiger charge is -2.31. The molecule has 0 saturated carbocycles. The van der Waals surface area contributed by atoms with E-state index >= 15 is 0 Å². The maximum atomic E-state index is 12.4. The van der Waals surface area contributed by atoms with E-state index in [-0.39, 0.29) is 17.8 Å². The number of likely N-dealkylation sites (tertiary alicyclic amines) is 1. The van der Waals surface area contributed by atoms with Gasteiger partial charge in [0.2, 0.25) is 5.91 Å². The Morgan fingerprint density at radius 3 is 2.87 bits per heavy atom. The monoisotopic (exact) mass is 315 g/mol. The minimum atomic E-state index is -0.135. The fraction of sp³-hybridized carbons (Fsp3) is 0.471. The number of hydrogen-bond acceptors (Lipinski definition) is 4. The molecular formula is C17H21N3O3. The normalized spacial score (nSPS) is 15.8. The van der Waals surface area contributed by atoms with Gasteiger partial charge >= 0.3 is 5.97 Å².